The summed E-state index contributed by atoms with van der Waals surface area (Å²) < 4.78 is 24.1. The number of carbonyl (C=O) groups excluding carboxylic acids is 1. The Kier molecular flexibility index (Phi) is 6.36. The quantitative estimate of drug-likeness (QED) is 0.651. The zero-order valence-electron chi connectivity index (χ0n) is 8.96. The molecule has 0 atom stereocenters. The molecule has 1 amide bonds. The lowest BCUT2D eigenvalue weighted by molar-refractivity contribution is -0.142. The summed E-state index contributed by atoms with van der Waals surface area (Å²) >= 11 is 0. The monoisotopic (exact) mass is 208 g/mol. The van der Waals surface area contributed by atoms with Crippen molar-refractivity contribution in [3.8, 4) is 0 Å². The second-order valence-electron chi connectivity index (χ2n) is 3.38. The molecule has 0 radical (unpaired) electrons. The van der Waals surface area contributed by atoms with Crippen molar-refractivity contribution >= 4 is 5.91 Å². The van der Waals surface area contributed by atoms with Gasteiger partial charge in [0, 0.05) is 13.1 Å². The normalized spacial score (nSPS) is 11.1. The summed E-state index contributed by atoms with van der Waals surface area (Å²) in [4.78, 5) is 14.1. The zero-order chi connectivity index (χ0) is 11.1. The molecule has 0 aliphatic carbocycles. The molecule has 3 nitrogen and oxygen atoms in total. The Balaban J connectivity index is 3.85. The van der Waals surface area contributed by atoms with Crippen molar-refractivity contribution in [2.24, 2.45) is 0 Å². The van der Waals surface area contributed by atoms with Gasteiger partial charge in [-0.2, -0.15) is 8.78 Å². The molecule has 0 N–H and O–H groups in total. The Morgan fingerprint density at radius 1 is 1.29 bits per heavy atom. The Hall–Kier alpha value is -0.710. The number of hydrogen-bond acceptors (Lipinski definition) is 2. The molecular formula is C9H18F2N2O. The molecule has 0 spiro atoms. The van der Waals surface area contributed by atoms with Crippen LogP contribution < -0.4 is 0 Å². The summed E-state index contributed by atoms with van der Waals surface area (Å²) in [5.74, 6) is -1.06. The van der Waals surface area contributed by atoms with E-state index in [4.69, 9.17) is 0 Å². The highest BCUT2D eigenvalue weighted by Gasteiger charge is 2.21. The molecule has 0 saturated heterocycles. The van der Waals surface area contributed by atoms with Crippen molar-refractivity contribution in [1.29, 1.82) is 0 Å². The second kappa shape index (κ2) is 6.70. The van der Waals surface area contributed by atoms with Crippen LogP contribution >= 0.6 is 0 Å². The van der Waals surface area contributed by atoms with Gasteiger partial charge in [0.2, 0.25) is 0 Å². The van der Waals surface area contributed by atoms with Gasteiger partial charge in [-0.25, -0.2) is 0 Å². The van der Waals surface area contributed by atoms with Crippen LogP contribution in [-0.4, -0.2) is 55.9 Å². The van der Waals surface area contributed by atoms with Crippen molar-refractivity contribution in [1.82, 2.24) is 9.80 Å². The van der Waals surface area contributed by atoms with Gasteiger partial charge in [-0.1, -0.05) is 0 Å². The number of carbonyl (C=O) groups is 1. The maximum Gasteiger partial charge on any atom is 0.315 e. The minimum atomic E-state index is -2.88. The maximum atomic E-state index is 12.0. The summed E-state index contributed by atoms with van der Waals surface area (Å²) in [6.07, 6.45) is -2.16. The lowest BCUT2D eigenvalue weighted by atomic mass is 10.3. The molecule has 0 aromatic heterocycles. The standard InChI is InChI=1S/C9H18F2N2O/c1-4-13(9(14)8(10)11)7-5-6-12(2)3/h8H,4-7H2,1-3H3. The van der Waals surface area contributed by atoms with E-state index >= 15 is 0 Å². The van der Waals surface area contributed by atoms with Gasteiger partial charge >= 0.3 is 6.43 Å². The highest BCUT2D eigenvalue weighted by Crippen LogP contribution is 2.01. The average molecular weight is 208 g/mol. The number of hydrogen-bond donors (Lipinski definition) is 0. The number of amides is 1. The lowest BCUT2D eigenvalue weighted by Crippen LogP contribution is -2.37. The van der Waals surface area contributed by atoms with Crippen LogP contribution in [0.2, 0.25) is 0 Å². The molecule has 84 valence electrons. The van der Waals surface area contributed by atoms with Gasteiger partial charge in [0.05, 0.1) is 0 Å². The van der Waals surface area contributed by atoms with Crippen LogP contribution in [0.1, 0.15) is 13.3 Å². The number of nitrogens with zero attached hydrogens (tertiary/aromatic N) is 2. The van der Waals surface area contributed by atoms with Gasteiger partial charge < -0.3 is 9.80 Å². The van der Waals surface area contributed by atoms with Crippen molar-refractivity contribution < 1.29 is 13.6 Å². The summed E-state index contributed by atoms with van der Waals surface area (Å²) in [5, 5.41) is 0. The first kappa shape index (κ1) is 13.3. The molecule has 0 aromatic rings. The molecule has 0 unspecified atom stereocenters. The molecule has 0 bridgehead atoms. The molecule has 14 heavy (non-hydrogen) atoms. The fourth-order valence-electron chi connectivity index (χ4n) is 1.14. The first-order valence-electron chi connectivity index (χ1n) is 4.70. The van der Waals surface area contributed by atoms with E-state index in [1.54, 1.807) is 6.92 Å². The Labute approximate surface area is 83.7 Å². The third-order valence-corrected chi connectivity index (χ3v) is 1.91. The van der Waals surface area contributed by atoms with E-state index in [1.807, 2.05) is 19.0 Å². The minimum Gasteiger partial charge on any atom is -0.338 e. The topological polar surface area (TPSA) is 23.6 Å². The molecule has 0 rings (SSSR count). The lowest BCUT2D eigenvalue weighted by Gasteiger charge is -2.21. The van der Waals surface area contributed by atoms with Crippen LogP contribution in [0, 0.1) is 0 Å². The van der Waals surface area contributed by atoms with E-state index in [2.05, 4.69) is 0 Å². The van der Waals surface area contributed by atoms with Crippen LogP contribution in [0.25, 0.3) is 0 Å². The predicted octanol–water partition coefficient (Wildman–Crippen LogP) is 1.05. The van der Waals surface area contributed by atoms with Crippen LogP contribution in [0.4, 0.5) is 8.78 Å². The Morgan fingerprint density at radius 3 is 2.21 bits per heavy atom. The Bertz CT molecular complexity index is 174. The van der Waals surface area contributed by atoms with Gasteiger partial charge in [-0.05, 0) is 34.0 Å². The predicted molar refractivity (Wildman–Crippen MR) is 51.4 cm³/mol. The Morgan fingerprint density at radius 2 is 1.86 bits per heavy atom. The number of rotatable bonds is 6. The first-order chi connectivity index (χ1) is 6.49. The van der Waals surface area contributed by atoms with Gasteiger partial charge in [-0.3, -0.25) is 4.79 Å². The van der Waals surface area contributed by atoms with Gasteiger partial charge in [0.25, 0.3) is 5.91 Å². The van der Waals surface area contributed by atoms with Crippen LogP contribution in [-0.2, 0) is 4.79 Å². The van der Waals surface area contributed by atoms with E-state index in [0.29, 0.717) is 13.1 Å². The number of halogens is 2. The van der Waals surface area contributed by atoms with E-state index in [9.17, 15) is 13.6 Å². The average Bonchev–Trinajstić information content (AvgIpc) is 2.10. The molecule has 5 heteroatoms. The van der Waals surface area contributed by atoms with Crippen molar-refractivity contribution in [2.75, 3.05) is 33.7 Å². The summed E-state index contributed by atoms with van der Waals surface area (Å²) in [5.41, 5.74) is 0. The van der Waals surface area contributed by atoms with Gasteiger partial charge in [-0.15, -0.1) is 0 Å². The summed E-state index contributed by atoms with van der Waals surface area (Å²) in [6, 6.07) is 0. The molecule has 0 aromatic carbocycles. The SMILES string of the molecule is CCN(CCCN(C)C)C(=O)C(F)F. The molecule has 0 aliphatic heterocycles. The number of alkyl halides is 2. The largest absolute Gasteiger partial charge is 0.338 e. The van der Waals surface area contributed by atoms with E-state index in [-0.39, 0.29) is 0 Å². The fraction of sp³-hybridized carbons (Fsp3) is 0.889. The third-order valence-electron chi connectivity index (χ3n) is 1.91. The van der Waals surface area contributed by atoms with Crippen molar-refractivity contribution in [3.63, 3.8) is 0 Å². The minimum absolute atomic E-state index is 0.344. The molecule has 0 heterocycles. The summed E-state index contributed by atoms with van der Waals surface area (Å²) in [7, 11) is 3.82. The van der Waals surface area contributed by atoms with Crippen molar-refractivity contribution in [2.45, 2.75) is 19.8 Å². The molecule has 0 saturated carbocycles. The second-order valence-corrected chi connectivity index (χ2v) is 3.38. The van der Waals surface area contributed by atoms with E-state index < -0.39 is 12.3 Å². The zero-order valence-corrected chi connectivity index (χ0v) is 8.96. The van der Waals surface area contributed by atoms with E-state index in [1.165, 1.54) is 4.90 Å². The molecular weight excluding hydrogens is 190 g/mol. The van der Waals surface area contributed by atoms with Gasteiger partial charge in [0.15, 0.2) is 0 Å². The maximum absolute atomic E-state index is 12.0. The third kappa shape index (κ3) is 5.11. The molecule has 0 fully saturated rings. The summed E-state index contributed by atoms with van der Waals surface area (Å²) in [6.45, 7) is 3.25. The highest BCUT2D eigenvalue weighted by atomic mass is 19.3. The molecule has 0 aliphatic rings. The van der Waals surface area contributed by atoms with Gasteiger partial charge in [0.1, 0.15) is 0 Å². The van der Waals surface area contributed by atoms with Crippen molar-refractivity contribution in [3.05, 3.63) is 0 Å². The van der Waals surface area contributed by atoms with Crippen LogP contribution in [0.5, 0.6) is 0 Å². The smallest absolute Gasteiger partial charge is 0.315 e. The van der Waals surface area contributed by atoms with Crippen LogP contribution in [0.15, 0.2) is 0 Å². The fourth-order valence-corrected chi connectivity index (χ4v) is 1.14. The van der Waals surface area contributed by atoms with Crippen LogP contribution in [0.3, 0.4) is 0 Å². The first-order valence-corrected chi connectivity index (χ1v) is 4.70. The highest BCUT2D eigenvalue weighted by molar-refractivity contribution is 5.79. The van der Waals surface area contributed by atoms with E-state index in [0.717, 1.165) is 13.0 Å².